The molecule has 2 aliphatic heterocycles. The lowest BCUT2D eigenvalue weighted by molar-refractivity contribution is -0.247. The van der Waals surface area contributed by atoms with Crippen molar-refractivity contribution >= 4 is 0 Å². The van der Waals surface area contributed by atoms with Crippen LogP contribution < -0.4 is 0 Å². The fourth-order valence-electron chi connectivity index (χ4n) is 4.27. The van der Waals surface area contributed by atoms with Crippen LogP contribution in [-0.4, -0.2) is 38.0 Å². The smallest absolute Gasteiger partial charge is 0.188 e. The lowest BCUT2D eigenvalue weighted by atomic mass is 9.61. The molecule has 0 amide bonds. The second kappa shape index (κ2) is 4.04. The van der Waals surface area contributed by atoms with Gasteiger partial charge in [0.05, 0.1) is 26.4 Å². The molecular weight excluding hydrogens is 244 g/mol. The molecule has 4 heteroatoms. The number of rotatable bonds is 0. The third-order valence-corrected chi connectivity index (χ3v) is 5.40. The second-order valence-electron chi connectivity index (χ2n) is 6.31. The molecule has 2 saturated heterocycles. The van der Waals surface area contributed by atoms with Gasteiger partial charge < -0.3 is 18.9 Å². The highest BCUT2D eigenvalue weighted by atomic mass is 16.7. The maximum absolute atomic E-state index is 6.06. The summed E-state index contributed by atoms with van der Waals surface area (Å²) in [7, 11) is 0. The van der Waals surface area contributed by atoms with Gasteiger partial charge >= 0.3 is 0 Å². The number of fused-ring (bicyclic) bond motifs is 2. The van der Waals surface area contributed by atoms with Gasteiger partial charge in [-0.25, -0.2) is 0 Å². The van der Waals surface area contributed by atoms with Crippen LogP contribution >= 0.6 is 0 Å². The van der Waals surface area contributed by atoms with E-state index in [2.05, 4.69) is 13.0 Å². The number of ether oxygens (including phenoxy) is 4. The lowest BCUT2D eigenvalue weighted by Crippen LogP contribution is -2.54. The van der Waals surface area contributed by atoms with Gasteiger partial charge in [-0.3, -0.25) is 0 Å². The summed E-state index contributed by atoms with van der Waals surface area (Å²) in [6, 6.07) is 0. The Morgan fingerprint density at radius 3 is 2.32 bits per heavy atom. The molecule has 0 aromatic heterocycles. The highest BCUT2D eigenvalue weighted by molar-refractivity contribution is 5.28. The molecular formula is C15H22O4. The summed E-state index contributed by atoms with van der Waals surface area (Å²) in [5.74, 6) is -0.844. The summed E-state index contributed by atoms with van der Waals surface area (Å²) in [5, 5.41) is 0. The quantitative estimate of drug-likeness (QED) is 0.631. The van der Waals surface area contributed by atoms with Crippen molar-refractivity contribution in [3.05, 3.63) is 11.6 Å². The molecule has 0 N–H and O–H groups in total. The van der Waals surface area contributed by atoms with E-state index in [1.54, 1.807) is 0 Å². The zero-order valence-electron chi connectivity index (χ0n) is 11.6. The standard InChI is InChI=1S/C15H22O4/c1-13-5-6-14(16-7-8-17-14)11-12(13)3-2-4-15(13)18-9-10-19-15/h11H,2-10H2,1H3. The van der Waals surface area contributed by atoms with E-state index in [-0.39, 0.29) is 5.41 Å². The van der Waals surface area contributed by atoms with E-state index in [1.807, 2.05) is 0 Å². The topological polar surface area (TPSA) is 36.9 Å². The third kappa shape index (κ3) is 1.60. The van der Waals surface area contributed by atoms with E-state index in [1.165, 1.54) is 5.57 Å². The van der Waals surface area contributed by atoms with Crippen LogP contribution in [-0.2, 0) is 18.9 Å². The minimum atomic E-state index is -0.452. The van der Waals surface area contributed by atoms with Gasteiger partial charge in [-0.15, -0.1) is 0 Å². The molecule has 0 bridgehead atoms. The second-order valence-corrected chi connectivity index (χ2v) is 6.31. The molecule has 2 spiro atoms. The van der Waals surface area contributed by atoms with Crippen molar-refractivity contribution in [2.45, 2.75) is 50.6 Å². The summed E-state index contributed by atoms with van der Waals surface area (Å²) >= 11 is 0. The Bertz CT molecular complexity index is 404. The van der Waals surface area contributed by atoms with Crippen molar-refractivity contribution in [2.24, 2.45) is 5.41 Å². The Morgan fingerprint density at radius 2 is 1.58 bits per heavy atom. The van der Waals surface area contributed by atoms with E-state index in [0.717, 1.165) is 45.3 Å². The van der Waals surface area contributed by atoms with Crippen molar-refractivity contribution < 1.29 is 18.9 Å². The van der Waals surface area contributed by atoms with Crippen LogP contribution in [0.1, 0.15) is 39.0 Å². The van der Waals surface area contributed by atoms with Crippen LogP contribution in [0.25, 0.3) is 0 Å². The molecule has 4 rings (SSSR count). The Hall–Kier alpha value is -0.420. The Kier molecular flexibility index (Phi) is 2.62. The van der Waals surface area contributed by atoms with Gasteiger partial charge in [-0.2, -0.15) is 0 Å². The largest absolute Gasteiger partial charge is 0.347 e. The van der Waals surface area contributed by atoms with Crippen molar-refractivity contribution in [1.29, 1.82) is 0 Å². The first-order chi connectivity index (χ1) is 9.18. The summed E-state index contributed by atoms with van der Waals surface area (Å²) in [6.45, 7) is 5.16. The zero-order chi connectivity index (χ0) is 13.0. The molecule has 3 fully saturated rings. The highest BCUT2D eigenvalue weighted by Gasteiger charge is 2.59. The fraction of sp³-hybridized carbons (Fsp3) is 0.867. The summed E-state index contributed by atoms with van der Waals surface area (Å²) in [6.07, 6.45) is 7.39. The summed E-state index contributed by atoms with van der Waals surface area (Å²) < 4.78 is 23.8. The van der Waals surface area contributed by atoms with Gasteiger partial charge in [0, 0.05) is 18.3 Å². The maximum atomic E-state index is 6.06. The van der Waals surface area contributed by atoms with E-state index in [4.69, 9.17) is 18.9 Å². The fourth-order valence-corrected chi connectivity index (χ4v) is 4.27. The molecule has 2 aliphatic carbocycles. The van der Waals surface area contributed by atoms with Gasteiger partial charge in [0.15, 0.2) is 11.6 Å². The zero-order valence-corrected chi connectivity index (χ0v) is 11.6. The van der Waals surface area contributed by atoms with Crippen LogP contribution in [0.3, 0.4) is 0 Å². The first kappa shape index (κ1) is 12.3. The summed E-state index contributed by atoms with van der Waals surface area (Å²) in [5.41, 5.74) is 1.40. The molecule has 0 radical (unpaired) electrons. The van der Waals surface area contributed by atoms with E-state index < -0.39 is 11.6 Å². The lowest BCUT2D eigenvalue weighted by Gasteiger charge is -2.53. The molecule has 19 heavy (non-hydrogen) atoms. The third-order valence-electron chi connectivity index (χ3n) is 5.40. The molecule has 4 aliphatic rings. The SMILES string of the molecule is CC12CCC3(C=C1CCCC21OCCO1)OCCO3. The number of hydrogen-bond donors (Lipinski definition) is 0. The molecule has 1 atom stereocenters. The average Bonchev–Trinajstić information content (AvgIpc) is 3.04. The molecule has 0 aromatic rings. The van der Waals surface area contributed by atoms with Crippen LogP contribution in [0.2, 0.25) is 0 Å². The van der Waals surface area contributed by atoms with Crippen LogP contribution in [0.4, 0.5) is 0 Å². The first-order valence-electron chi connectivity index (χ1n) is 7.46. The predicted octanol–water partition coefficient (Wildman–Crippen LogP) is 2.38. The van der Waals surface area contributed by atoms with Gasteiger partial charge in [0.1, 0.15) is 0 Å². The van der Waals surface area contributed by atoms with Crippen LogP contribution in [0, 0.1) is 5.41 Å². The van der Waals surface area contributed by atoms with Crippen LogP contribution in [0.5, 0.6) is 0 Å². The van der Waals surface area contributed by atoms with Crippen molar-refractivity contribution in [2.75, 3.05) is 26.4 Å². The van der Waals surface area contributed by atoms with Crippen LogP contribution in [0.15, 0.2) is 11.6 Å². The summed E-state index contributed by atoms with van der Waals surface area (Å²) in [4.78, 5) is 0. The van der Waals surface area contributed by atoms with E-state index >= 15 is 0 Å². The normalized spacial score (nSPS) is 39.5. The van der Waals surface area contributed by atoms with Gasteiger partial charge in [0.2, 0.25) is 0 Å². The Labute approximate surface area is 114 Å². The van der Waals surface area contributed by atoms with Gasteiger partial charge in [-0.05, 0) is 25.3 Å². The van der Waals surface area contributed by atoms with Gasteiger partial charge in [0.25, 0.3) is 0 Å². The predicted molar refractivity (Wildman–Crippen MR) is 68.5 cm³/mol. The van der Waals surface area contributed by atoms with Gasteiger partial charge in [-0.1, -0.05) is 12.5 Å². The van der Waals surface area contributed by atoms with Crippen molar-refractivity contribution in [1.82, 2.24) is 0 Å². The van der Waals surface area contributed by atoms with Crippen molar-refractivity contribution in [3.8, 4) is 0 Å². The first-order valence-corrected chi connectivity index (χ1v) is 7.46. The van der Waals surface area contributed by atoms with E-state index in [0.29, 0.717) is 13.2 Å². The molecule has 1 unspecified atom stereocenters. The van der Waals surface area contributed by atoms with Crippen molar-refractivity contribution in [3.63, 3.8) is 0 Å². The molecule has 4 nitrogen and oxygen atoms in total. The molecule has 0 aromatic carbocycles. The highest BCUT2D eigenvalue weighted by Crippen LogP contribution is 2.58. The molecule has 1 saturated carbocycles. The van der Waals surface area contributed by atoms with E-state index in [9.17, 15) is 0 Å². The minimum Gasteiger partial charge on any atom is -0.347 e. The Balaban J connectivity index is 1.73. The minimum absolute atomic E-state index is 0.0116. The Morgan fingerprint density at radius 1 is 0.895 bits per heavy atom. The average molecular weight is 266 g/mol. The molecule has 106 valence electrons. The number of hydrogen-bond acceptors (Lipinski definition) is 4. The monoisotopic (exact) mass is 266 g/mol. The maximum Gasteiger partial charge on any atom is 0.188 e. The molecule has 2 heterocycles.